The van der Waals surface area contributed by atoms with Gasteiger partial charge in [0.1, 0.15) is 0 Å². The van der Waals surface area contributed by atoms with E-state index in [2.05, 4.69) is 16.0 Å². The molecule has 0 bridgehead atoms. The molecule has 3 nitrogen and oxygen atoms in total. The third-order valence-electron chi connectivity index (χ3n) is 2.36. The van der Waals surface area contributed by atoms with E-state index in [-0.39, 0.29) is 6.10 Å². The largest absolute Gasteiger partial charge is 0.392 e. The van der Waals surface area contributed by atoms with Gasteiger partial charge in [-0.2, -0.15) is 0 Å². The zero-order valence-electron chi connectivity index (χ0n) is 7.77. The van der Waals surface area contributed by atoms with Crippen molar-refractivity contribution in [3.63, 3.8) is 0 Å². The Morgan fingerprint density at radius 2 is 2.54 bits per heavy atom. The molecule has 0 aromatic carbocycles. The first-order valence-corrected chi connectivity index (χ1v) is 4.63. The first-order chi connectivity index (χ1) is 6.27. The normalized spacial score (nSPS) is 17.2. The lowest BCUT2D eigenvalue weighted by Crippen LogP contribution is -2.29. The molecule has 0 saturated carbocycles. The predicted octanol–water partition coefficient (Wildman–Crippen LogP) is 0.825. The molecule has 1 N–H and O–H groups in total. The second-order valence-corrected chi connectivity index (χ2v) is 3.55. The van der Waals surface area contributed by atoms with Gasteiger partial charge in [0.2, 0.25) is 0 Å². The van der Waals surface area contributed by atoms with E-state index < -0.39 is 0 Å². The van der Waals surface area contributed by atoms with Crippen LogP contribution in [0.15, 0.2) is 18.5 Å². The van der Waals surface area contributed by atoms with Crippen molar-refractivity contribution in [3.8, 4) is 0 Å². The Kier molecular flexibility index (Phi) is 2.19. The Labute approximate surface area is 78.0 Å². The number of fused-ring (bicyclic) bond motifs is 1. The Morgan fingerprint density at radius 1 is 1.69 bits per heavy atom. The Morgan fingerprint density at radius 3 is 3.31 bits per heavy atom. The third kappa shape index (κ3) is 1.65. The monoisotopic (exact) mass is 178 g/mol. The molecule has 0 spiro atoms. The molecule has 2 heterocycles. The zero-order valence-corrected chi connectivity index (χ0v) is 7.77. The van der Waals surface area contributed by atoms with Gasteiger partial charge in [0.15, 0.2) is 0 Å². The summed E-state index contributed by atoms with van der Waals surface area (Å²) in [4.78, 5) is 6.28. The predicted molar refractivity (Wildman–Crippen MR) is 51.8 cm³/mol. The number of rotatable bonds is 2. The fraction of sp³-hybridized carbons (Fsp3) is 0.500. The number of aliphatic hydroxyl groups excluding tert-OH is 1. The minimum atomic E-state index is -0.272. The van der Waals surface area contributed by atoms with Crippen LogP contribution in [0.4, 0.5) is 5.69 Å². The van der Waals surface area contributed by atoms with Gasteiger partial charge < -0.3 is 10.0 Å². The molecule has 0 aliphatic carbocycles. The first-order valence-electron chi connectivity index (χ1n) is 4.63. The van der Waals surface area contributed by atoms with Gasteiger partial charge in [-0.05, 0) is 25.0 Å². The highest BCUT2D eigenvalue weighted by atomic mass is 16.3. The van der Waals surface area contributed by atoms with Crippen molar-refractivity contribution in [2.45, 2.75) is 19.4 Å². The number of hydrogen-bond donors (Lipinski definition) is 1. The second kappa shape index (κ2) is 3.34. The molecule has 1 unspecified atom stereocenters. The van der Waals surface area contributed by atoms with Crippen molar-refractivity contribution in [2.24, 2.45) is 0 Å². The number of anilines is 1. The molecule has 0 amide bonds. The van der Waals surface area contributed by atoms with Crippen molar-refractivity contribution in [1.29, 1.82) is 0 Å². The molecule has 1 atom stereocenters. The minimum absolute atomic E-state index is 0.272. The summed E-state index contributed by atoms with van der Waals surface area (Å²) >= 11 is 0. The van der Waals surface area contributed by atoms with Crippen molar-refractivity contribution >= 4 is 5.69 Å². The lowest BCUT2D eigenvalue weighted by Gasteiger charge is -2.20. The van der Waals surface area contributed by atoms with Crippen LogP contribution in [0.3, 0.4) is 0 Å². The van der Waals surface area contributed by atoms with E-state index in [0.29, 0.717) is 6.54 Å². The van der Waals surface area contributed by atoms with Crippen LogP contribution in [-0.4, -0.2) is 29.3 Å². The first kappa shape index (κ1) is 8.51. The summed E-state index contributed by atoms with van der Waals surface area (Å²) in [5.74, 6) is 0. The standard InChI is InChI=1S/C10H14N2O/c1-8(13)7-12-5-3-9-2-4-11-6-10(9)12/h2,4,6,8,13H,3,5,7H2,1H3. The summed E-state index contributed by atoms with van der Waals surface area (Å²) in [6.07, 6.45) is 4.51. The number of aromatic nitrogens is 1. The van der Waals surface area contributed by atoms with Gasteiger partial charge in [-0.1, -0.05) is 0 Å². The molecule has 13 heavy (non-hydrogen) atoms. The minimum Gasteiger partial charge on any atom is -0.392 e. The Bertz CT molecular complexity index is 299. The third-order valence-corrected chi connectivity index (χ3v) is 2.36. The van der Waals surface area contributed by atoms with Crippen molar-refractivity contribution in [2.75, 3.05) is 18.0 Å². The summed E-state index contributed by atoms with van der Waals surface area (Å²) in [6, 6.07) is 2.05. The Hall–Kier alpha value is -1.09. The van der Waals surface area contributed by atoms with E-state index in [1.807, 2.05) is 19.3 Å². The van der Waals surface area contributed by atoms with Gasteiger partial charge in [-0.15, -0.1) is 0 Å². The molecular formula is C10H14N2O. The number of pyridine rings is 1. The number of β-amino-alcohol motifs (C(OH)–C–C–N with tert-alkyl or cyclic N) is 1. The molecule has 0 fully saturated rings. The highest BCUT2D eigenvalue weighted by Crippen LogP contribution is 2.26. The topological polar surface area (TPSA) is 36.4 Å². The maximum absolute atomic E-state index is 9.28. The quantitative estimate of drug-likeness (QED) is 0.728. The zero-order chi connectivity index (χ0) is 9.26. The van der Waals surface area contributed by atoms with Crippen LogP contribution in [0, 0.1) is 0 Å². The average Bonchev–Trinajstić information content (AvgIpc) is 2.48. The van der Waals surface area contributed by atoms with Gasteiger partial charge in [0.05, 0.1) is 18.0 Å². The maximum atomic E-state index is 9.28. The van der Waals surface area contributed by atoms with Gasteiger partial charge in [0.25, 0.3) is 0 Å². The molecular weight excluding hydrogens is 164 g/mol. The van der Waals surface area contributed by atoms with Crippen molar-refractivity contribution in [3.05, 3.63) is 24.0 Å². The number of aliphatic hydroxyl groups is 1. The fourth-order valence-corrected chi connectivity index (χ4v) is 1.80. The lowest BCUT2D eigenvalue weighted by atomic mass is 10.2. The summed E-state index contributed by atoms with van der Waals surface area (Å²) < 4.78 is 0. The van der Waals surface area contributed by atoms with Crippen molar-refractivity contribution < 1.29 is 5.11 Å². The molecule has 3 heteroatoms. The van der Waals surface area contributed by atoms with E-state index in [4.69, 9.17) is 0 Å². The van der Waals surface area contributed by atoms with E-state index in [1.54, 1.807) is 0 Å². The molecule has 1 aliphatic heterocycles. The molecule has 70 valence electrons. The van der Waals surface area contributed by atoms with Crippen LogP contribution < -0.4 is 4.90 Å². The molecule has 1 aromatic heterocycles. The summed E-state index contributed by atoms with van der Waals surface area (Å²) in [5, 5.41) is 9.28. The van der Waals surface area contributed by atoms with Crippen LogP contribution >= 0.6 is 0 Å². The molecule has 2 rings (SSSR count). The smallest absolute Gasteiger partial charge is 0.0687 e. The molecule has 0 saturated heterocycles. The summed E-state index contributed by atoms with van der Waals surface area (Å²) in [5.41, 5.74) is 2.53. The fourth-order valence-electron chi connectivity index (χ4n) is 1.80. The Balaban J connectivity index is 2.18. The van der Waals surface area contributed by atoms with E-state index in [1.165, 1.54) is 11.3 Å². The van der Waals surface area contributed by atoms with E-state index in [9.17, 15) is 5.11 Å². The van der Waals surface area contributed by atoms with Gasteiger partial charge >= 0.3 is 0 Å². The average molecular weight is 178 g/mol. The highest BCUT2D eigenvalue weighted by molar-refractivity contribution is 5.56. The lowest BCUT2D eigenvalue weighted by molar-refractivity contribution is 0.200. The van der Waals surface area contributed by atoms with E-state index in [0.717, 1.165) is 13.0 Å². The van der Waals surface area contributed by atoms with Gasteiger partial charge in [-0.25, -0.2) is 0 Å². The van der Waals surface area contributed by atoms with Crippen LogP contribution in [0.5, 0.6) is 0 Å². The van der Waals surface area contributed by atoms with Crippen LogP contribution in [-0.2, 0) is 6.42 Å². The van der Waals surface area contributed by atoms with Gasteiger partial charge in [-0.3, -0.25) is 4.98 Å². The highest BCUT2D eigenvalue weighted by Gasteiger charge is 2.19. The maximum Gasteiger partial charge on any atom is 0.0687 e. The summed E-state index contributed by atoms with van der Waals surface area (Å²) in [6.45, 7) is 3.53. The SMILES string of the molecule is CC(O)CN1CCc2ccncc21. The number of hydrogen-bond acceptors (Lipinski definition) is 3. The van der Waals surface area contributed by atoms with Gasteiger partial charge in [0, 0.05) is 19.3 Å². The van der Waals surface area contributed by atoms with Crippen molar-refractivity contribution in [1.82, 2.24) is 4.98 Å². The van der Waals surface area contributed by atoms with Crippen LogP contribution in [0.1, 0.15) is 12.5 Å². The van der Waals surface area contributed by atoms with Crippen LogP contribution in [0.2, 0.25) is 0 Å². The van der Waals surface area contributed by atoms with E-state index >= 15 is 0 Å². The number of nitrogens with zero attached hydrogens (tertiary/aromatic N) is 2. The molecule has 1 aromatic rings. The second-order valence-electron chi connectivity index (χ2n) is 3.55. The molecule has 1 aliphatic rings. The molecule has 0 radical (unpaired) electrons. The van der Waals surface area contributed by atoms with Crippen LogP contribution in [0.25, 0.3) is 0 Å². The summed E-state index contributed by atoms with van der Waals surface area (Å²) in [7, 11) is 0.